The van der Waals surface area contributed by atoms with Gasteiger partial charge in [0.15, 0.2) is 10.9 Å². The Labute approximate surface area is 175 Å². The number of fused-ring (bicyclic) bond motifs is 1. The van der Waals surface area contributed by atoms with E-state index in [1.54, 1.807) is 61.0 Å². The van der Waals surface area contributed by atoms with Crippen molar-refractivity contribution in [1.82, 2.24) is 15.0 Å². The number of carbonyl (C=O) groups excluding carboxylic acids is 1. The van der Waals surface area contributed by atoms with Gasteiger partial charge in [-0.2, -0.15) is 5.26 Å². The van der Waals surface area contributed by atoms with E-state index in [1.165, 1.54) is 11.8 Å². The minimum absolute atomic E-state index is 0.133. The maximum absolute atomic E-state index is 12.8. The summed E-state index contributed by atoms with van der Waals surface area (Å²) in [5.74, 6) is -0.438. The maximum Gasteiger partial charge on any atom is 0.343 e. The van der Waals surface area contributed by atoms with E-state index in [2.05, 4.69) is 15.0 Å². The summed E-state index contributed by atoms with van der Waals surface area (Å²) in [4.78, 5) is 36.5. The Morgan fingerprint density at radius 2 is 1.93 bits per heavy atom. The van der Waals surface area contributed by atoms with Crippen LogP contribution in [0.2, 0.25) is 0 Å². The van der Waals surface area contributed by atoms with Crippen LogP contribution in [0.25, 0.3) is 22.2 Å². The van der Waals surface area contributed by atoms with E-state index >= 15 is 0 Å². The van der Waals surface area contributed by atoms with Crippen molar-refractivity contribution in [1.29, 1.82) is 5.26 Å². The molecule has 2 aromatic heterocycles. The normalized spacial score (nSPS) is 10.5. The van der Waals surface area contributed by atoms with Crippen molar-refractivity contribution in [2.24, 2.45) is 0 Å². The summed E-state index contributed by atoms with van der Waals surface area (Å²) in [5, 5.41) is 10.6. The molecule has 7 nitrogen and oxygen atoms in total. The Morgan fingerprint density at radius 1 is 1.13 bits per heavy atom. The zero-order valence-electron chi connectivity index (χ0n) is 15.7. The van der Waals surface area contributed by atoms with Gasteiger partial charge < -0.3 is 9.72 Å². The number of nitriles is 1. The number of ether oxygens (including phenoxy) is 1. The number of aromatic nitrogens is 3. The molecular weight excluding hydrogens is 400 g/mol. The monoisotopic (exact) mass is 414 g/mol. The molecule has 0 fully saturated rings. The molecule has 30 heavy (non-hydrogen) atoms. The molecule has 1 N–H and O–H groups in total. The third-order valence-corrected chi connectivity index (χ3v) is 4.97. The zero-order valence-corrected chi connectivity index (χ0v) is 16.6. The first-order valence-corrected chi connectivity index (χ1v) is 10.1. The molecule has 0 saturated heterocycles. The van der Waals surface area contributed by atoms with Gasteiger partial charge >= 0.3 is 5.97 Å². The predicted octanol–water partition coefficient (Wildman–Crippen LogP) is 3.80. The SMILES string of the molecule is CSc1nc(-c2ccc3cccnc3c2OC(=O)c2ccccc2)c(C#N)c(=O)[nH]1. The highest BCUT2D eigenvalue weighted by Gasteiger charge is 2.22. The molecule has 0 spiro atoms. The number of thioether (sulfide) groups is 1. The Balaban J connectivity index is 1.97. The van der Waals surface area contributed by atoms with Gasteiger partial charge in [-0.05, 0) is 30.5 Å². The molecule has 4 aromatic rings. The maximum atomic E-state index is 12.8. The molecule has 0 amide bonds. The Kier molecular flexibility index (Phi) is 5.28. The average molecular weight is 414 g/mol. The van der Waals surface area contributed by atoms with Crippen LogP contribution in [0.1, 0.15) is 15.9 Å². The summed E-state index contributed by atoms with van der Waals surface area (Å²) < 4.78 is 5.74. The predicted molar refractivity (Wildman–Crippen MR) is 113 cm³/mol. The molecule has 0 atom stereocenters. The summed E-state index contributed by atoms with van der Waals surface area (Å²) in [6.45, 7) is 0. The number of H-pyrrole nitrogens is 1. The fraction of sp³-hybridized carbons (Fsp3) is 0.0455. The summed E-state index contributed by atoms with van der Waals surface area (Å²) in [6.07, 6.45) is 3.34. The molecule has 0 aliphatic rings. The van der Waals surface area contributed by atoms with Crippen LogP contribution in [0.4, 0.5) is 0 Å². The van der Waals surface area contributed by atoms with E-state index in [0.29, 0.717) is 21.8 Å². The summed E-state index contributed by atoms with van der Waals surface area (Å²) in [7, 11) is 0. The Bertz CT molecular complexity index is 1360. The quantitative estimate of drug-likeness (QED) is 0.234. The topological polar surface area (TPSA) is 109 Å². The first-order valence-electron chi connectivity index (χ1n) is 8.86. The van der Waals surface area contributed by atoms with E-state index in [1.807, 2.05) is 12.1 Å². The molecule has 0 aliphatic carbocycles. The third kappa shape index (κ3) is 3.54. The number of carbonyl (C=O) groups is 1. The van der Waals surface area contributed by atoms with Crippen molar-refractivity contribution < 1.29 is 9.53 Å². The number of nitrogens with zero attached hydrogens (tertiary/aromatic N) is 3. The lowest BCUT2D eigenvalue weighted by atomic mass is 10.0. The van der Waals surface area contributed by atoms with Crippen molar-refractivity contribution in [2.45, 2.75) is 5.16 Å². The molecule has 4 rings (SSSR count). The highest BCUT2D eigenvalue weighted by atomic mass is 32.2. The van der Waals surface area contributed by atoms with Crippen molar-refractivity contribution in [2.75, 3.05) is 6.26 Å². The number of rotatable bonds is 4. The fourth-order valence-electron chi connectivity index (χ4n) is 2.98. The van der Waals surface area contributed by atoms with Crippen LogP contribution in [-0.4, -0.2) is 27.2 Å². The molecule has 146 valence electrons. The van der Waals surface area contributed by atoms with Gasteiger partial charge in [-0.15, -0.1) is 0 Å². The minimum Gasteiger partial charge on any atom is -0.420 e. The third-order valence-electron chi connectivity index (χ3n) is 4.39. The van der Waals surface area contributed by atoms with Crippen molar-refractivity contribution in [3.63, 3.8) is 0 Å². The van der Waals surface area contributed by atoms with E-state index in [0.717, 1.165) is 5.39 Å². The summed E-state index contributed by atoms with van der Waals surface area (Å²) >= 11 is 1.23. The van der Waals surface area contributed by atoms with Crippen molar-refractivity contribution in [3.8, 4) is 23.1 Å². The van der Waals surface area contributed by atoms with E-state index in [4.69, 9.17) is 4.74 Å². The van der Waals surface area contributed by atoms with Crippen LogP contribution in [-0.2, 0) is 0 Å². The largest absolute Gasteiger partial charge is 0.420 e. The number of aromatic amines is 1. The van der Waals surface area contributed by atoms with E-state index < -0.39 is 11.5 Å². The van der Waals surface area contributed by atoms with Crippen molar-refractivity contribution >= 4 is 28.6 Å². The van der Waals surface area contributed by atoms with Gasteiger partial charge in [0.25, 0.3) is 5.56 Å². The molecular formula is C22H14N4O3S. The van der Waals surface area contributed by atoms with Crippen LogP contribution < -0.4 is 10.3 Å². The summed E-state index contributed by atoms with van der Waals surface area (Å²) in [5.41, 5.74) is 0.530. The second-order valence-electron chi connectivity index (χ2n) is 6.18. The first kappa shape index (κ1) is 19.4. The van der Waals surface area contributed by atoms with Crippen LogP contribution >= 0.6 is 11.8 Å². The lowest BCUT2D eigenvalue weighted by Crippen LogP contribution is -2.15. The molecule has 8 heteroatoms. The molecule has 0 unspecified atom stereocenters. The first-order chi connectivity index (χ1) is 14.6. The molecule has 0 aliphatic heterocycles. The van der Waals surface area contributed by atoms with Gasteiger partial charge in [0.05, 0.1) is 5.56 Å². The van der Waals surface area contributed by atoms with E-state index in [-0.39, 0.29) is 17.0 Å². The standard InChI is InChI=1S/C22H14N4O3S/c1-30-22-25-18(16(12-23)20(27)26-22)15-10-9-13-8-5-11-24-17(13)19(15)29-21(28)14-6-3-2-4-7-14/h2-11H,1H3,(H,25,26,27). The highest BCUT2D eigenvalue weighted by molar-refractivity contribution is 7.98. The van der Waals surface area contributed by atoms with Gasteiger partial charge in [0, 0.05) is 17.1 Å². The fourth-order valence-corrected chi connectivity index (χ4v) is 3.36. The van der Waals surface area contributed by atoms with E-state index in [9.17, 15) is 14.9 Å². The van der Waals surface area contributed by atoms with Gasteiger partial charge in [-0.25, -0.2) is 9.78 Å². The average Bonchev–Trinajstić information content (AvgIpc) is 2.79. The molecule has 2 heterocycles. The Morgan fingerprint density at radius 3 is 2.67 bits per heavy atom. The lowest BCUT2D eigenvalue weighted by molar-refractivity contribution is 0.0737. The Hall–Kier alpha value is -3.96. The van der Waals surface area contributed by atoms with Crippen LogP contribution in [0, 0.1) is 11.3 Å². The second kappa shape index (κ2) is 8.19. The van der Waals surface area contributed by atoms with Crippen LogP contribution in [0.5, 0.6) is 5.75 Å². The van der Waals surface area contributed by atoms with Crippen LogP contribution in [0.15, 0.2) is 70.7 Å². The molecule has 0 saturated carbocycles. The molecule has 0 bridgehead atoms. The van der Waals surface area contributed by atoms with Gasteiger partial charge in [-0.1, -0.05) is 42.1 Å². The number of esters is 1. The van der Waals surface area contributed by atoms with Crippen LogP contribution in [0.3, 0.4) is 0 Å². The van der Waals surface area contributed by atoms with Gasteiger partial charge in [0.1, 0.15) is 22.8 Å². The number of hydrogen-bond donors (Lipinski definition) is 1. The number of benzene rings is 2. The minimum atomic E-state index is -0.580. The van der Waals surface area contributed by atoms with Gasteiger partial charge in [0.2, 0.25) is 0 Å². The summed E-state index contributed by atoms with van der Waals surface area (Å²) in [6, 6.07) is 17.5. The molecule has 2 aromatic carbocycles. The number of pyridine rings is 1. The zero-order chi connectivity index (χ0) is 21.1. The number of hydrogen-bond acceptors (Lipinski definition) is 7. The van der Waals surface area contributed by atoms with Crippen molar-refractivity contribution in [3.05, 3.63) is 82.3 Å². The second-order valence-corrected chi connectivity index (χ2v) is 6.98. The number of nitrogens with one attached hydrogen (secondary N) is 1. The smallest absolute Gasteiger partial charge is 0.343 e. The highest BCUT2D eigenvalue weighted by Crippen LogP contribution is 2.36. The van der Waals surface area contributed by atoms with Gasteiger partial charge in [-0.3, -0.25) is 9.78 Å². The molecule has 0 radical (unpaired) electrons. The lowest BCUT2D eigenvalue weighted by Gasteiger charge is -2.13.